The number of nitrogens with zero attached hydrogens (tertiary/aromatic N) is 2. The summed E-state index contributed by atoms with van der Waals surface area (Å²) >= 11 is 0. The van der Waals surface area contributed by atoms with E-state index in [0.29, 0.717) is 6.54 Å². The monoisotopic (exact) mass is 174 g/mol. The van der Waals surface area contributed by atoms with E-state index in [0.717, 1.165) is 13.1 Å². The van der Waals surface area contributed by atoms with Gasteiger partial charge in [-0.25, -0.2) is 4.79 Å². The molecule has 0 bridgehead atoms. The van der Waals surface area contributed by atoms with E-state index in [9.17, 15) is 4.79 Å². The summed E-state index contributed by atoms with van der Waals surface area (Å²) in [5.74, 6) is 0. The molecule has 0 spiro atoms. The number of amides is 1. The molecule has 0 aliphatic heterocycles. The third kappa shape index (κ3) is 4.18. The number of ether oxygens (including phenoxy) is 1. The van der Waals surface area contributed by atoms with Crippen molar-refractivity contribution in [3.05, 3.63) is 0 Å². The minimum atomic E-state index is -0.251. The zero-order chi connectivity index (χ0) is 9.56. The van der Waals surface area contributed by atoms with Crippen LogP contribution >= 0.6 is 0 Å². The number of carbonyl (C=O) groups excluding carboxylic acids is 1. The lowest BCUT2D eigenvalue weighted by Crippen LogP contribution is -2.36. The van der Waals surface area contributed by atoms with Gasteiger partial charge in [-0.15, -0.1) is 0 Å². The van der Waals surface area contributed by atoms with E-state index in [-0.39, 0.29) is 6.09 Å². The lowest BCUT2D eigenvalue weighted by atomic mass is 10.5. The van der Waals surface area contributed by atoms with Crippen LogP contribution in [0.1, 0.15) is 6.92 Å². The molecule has 0 heterocycles. The molecular formula is C8H18N2O2. The van der Waals surface area contributed by atoms with Gasteiger partial charge in [-0.1, -0.05) is 0 Å². The van der Waals surface area contributed by atoms with Gasteiger partial charge in [0.05, 0.1) is 7.11 Å². The Kier molecular flexibility index (Phi) is 5.45. The molecule has 0 unspecified atom stereocenters. The maximum atomic E-state index is 11.0. The Bertz CT molecular complexity index is 137. The first-order chi connectivity index (χ1) is 5.61. The normalized spacial score (nSPS) is 10.1. The minimum absolute atomic E-state index is 0.251. The first-order valence-corrected chi connectivity index (χ1v) is 4.09. The molecule has 0 saturated carbocycles. The first kappa shape index (κ1) is 11.2. The van der Waals surface area contributed by atoms with E-state index in [2.05, 4.69) is 4.74 Å². The van der Waals surface area contributed by atoms with Gasteiger partial charge in [-0.05, 0) is 21.0 Å². The molecule has 0 aromatic carbocycles. The summed E-state index contributed by atoms with van der Waals surface area (Å²) in [6, 6.07) is 0. The van der Waals surface area contributed by atoms with Crippen molar-refractivity contribution in [1.82, 2.24) is 9.80 Å². The molecule has 0 fully saturated rings. The second kappa shape index (κ2) is 5.83. The number of hydrogen-bond acceptors (Lipinski definition) is 3. The summed E-state index contributed by atoms with van der Waals surface area (Å²) in [6.07, 6.45) is -0.251. The SMILES string of the molecule is CCN(CCN(C)C)C(=O)OC. The molecule has 72 valence electrons. The lowest BCUT2D eigenvalue weighted by Gasteiger charge is -2.20. The second-order valence-electron chi connectivity index (χ2n) is 2.85. The van der Waals surface area contributed by atoms with Crippen molar-refractivity contribution in [2.24, 2.45) is 0 Å². The molecule has 0 aromatic rings. The summed E-state index contributed by atoms with van der Waals surface area (Å²) in [5.41, 5.74) is 0. The highest BCUT2D eigenvalue weighted by atomic mass is 16.5. The van der Waals surface area contributed by atoms with E-state index in [1.54, 1.807) is 4.90 Å². The van der Waals surface area contributed by atoms with Crippen LogP contribution in [0.5, 0.6) is 0 Å². The maximum Gasteiger partial charge on any atom is 0.409 e. The van der Waals surface area contributed by atoms with Gasteiger partial charge < -0.3 is 14.5 Å². The van der Waals surface area contributed by atoms with Crippen LogP contribution in [-0.4, -0.2) is 56.7 Å². The molecule has 0 aromatic heterocycles. The first-order valence-electron chi connectivity index (χ1n) is 4.09. The quantitative estimate of drug-likeness (QED) is 0.627. The molecule has 12 heavy (non-hydrogen) atoms. The van der Waals surface area contributed by atoms with Crippen LogP contribution in [0.25, 0.3) is 0 Å². The van der Waals surface area contributed by atoms with Crippen LogP contribution in [-0.2, 0) is 4.74 Å². The average molecular weight is 174 g/mol. The number of carbonyl (C=O) groups is 1. The Hall–Kier alpha value is -0.770. The zero-order valence-electron chi connectivity index (χ0n) is 8.33. The highest BCUT2D eigenvalue weighted by molar-refractivity contribution is 5.67. The van der Waals surface area contributed by atoms with Gasteiger partial charge in [-0.3, -0.25) is 0 Å². The number of likely N-dealkylation sites (N-methyl/N-ethyl adjacent to an activating group) is 2. The smallest absolute Gasteiger partial charge is 0.409 e. The molecule has 4 heteroatoms. The van der Waals surface area contributed by atoms with Gasteiger partial charge in [0.2, 0.25) is 0 Å². The standard InChI is InChI=1S/C8H18N2O2/c1-5-10(8(11)12-4)7-6-9(2)3/h5-7H2,1-4H3. The predicted molar refractivity (Wildman–Crippen MR) is 48.2 cm³/mol. The summed E-state index contributed by atoms with van der Waals surface area (Å²) in [4.78, 5) is 14.7. The number of methoxy groups -OCH3 is 1. The Morgan fingerprint density at radius 2 is 1.92 bits per heavy atom. The second-order valence-corrected chi connectivity index (χ2v) is 2.85. The zero-order valence-corrected chi connectivity index (χ0v) is 8.33. The van der Waals surface area contributed by atoms with E-state index in [1.165, 1.54) is 7.11 Å². The van der Waals surface area contributed by atoms with E-state index < -0.39 is 0 Å². The Labute approximate surface area is 74.1 Å². The van der Waals surface area contributed by atoms with Gasteiger partial charge in [0.1, 0.15) is 0 Å². The van der Waals surface area contributed by atoms with Crippen LogP contribution in [0, 0.1) is 0 Å². The summed E-state index contributed by atoms with van der Waals surface area (Å²) in [5, 5.41) is 0. The molecule has 0 aliphatic carbocycles. The molecular weight excluding hydrogens is 156 g/mol. The largest absolute Gasteiger partial charge is 0.453 e. The fourth-order valence-electron chi connectivity index (χ4n) is 0.828. The molecule has 0 saturated heterocycles. The van der Waals surface area contributed by atoms with Gasteiger partial charge in [0.15, 0.2) is 0 Å². The van der Waals surface area contributed by atoms with Crippen molar-refractivity contribution in [3.63, 3.8) is 0 Å². The number of rotatable bonds is 4. The average Bonchev–Trinajstić information content (AvgIpc) is 2.04. The van der Waals surface area contributed by atoms with Gasteiger partial charge in [0, 0.05) is 19.6 Å². The van der Waals surface area contributed by atoms with Gasteiger partial charge in [-0.2, -0.15) is 0 Å². The van der Waals surface area contributed by atoms with Crippen LogP contribution in [0.4, 0.5) is 4.79 Å². The highest BCUT2D eigenvalue weighted by Gasteiger charge is 2.10. The molecule has 0 radical (unpaired) electrons. The van der Waals surface area contributed by atoms with Crippen molar-refractivity contribution >= 4 is 6.09 Å². The van der Waals surface area contributed by atoms with E-state index >= 15 is 0 Å². The molecule has 0 aliphatic rings. The third-order valence-electron chi connectivity index (χ3n) is 1.63. The minimum Gasteiger partial charge on any atom is -0.453 e. The van der Waals surface area contributed by atoms with Gasteiger partial charge >= 0.3 is 6.09 Å². The Morgan fingerprint density at radius 3 is 2.25 bits per heavy atom. The van der Waals surface area contributed by atoms with E-state index in [4.69, 9.17) is 0 Å². The summed E-state index contributed by atoms with van der Waals surface area (Å²) < 4.78 is 4.60. The Morgan fingerprint density at radius 1 is 1.33 bits per heavy atom. The summed E-state index contributed by atoms with van der Waals surface area (Å²) in [7, 11) is 5.36. The highest BCUT2D eigenvalue weighted by Crippen LogP contribution is 1.92. The van der Waals surface area contributed by atoms with Crippen LogP contribution < -0.4 is 0 Å². The Balaban J connectivity index is 3.75. The molecule has 1 amide bonds. The van der Waals surface area contributed by atoms with Crippen LogP contribution in [0.3, 0.4) is 0 Å². The predicted octanol–water partition coefficient (Wildman–Crippen LogP) is 0.636. The van der Waals surface area contributed by atoms with Gasteiger partial charge in [0.25, 0.3) is 0 Å². The molecule has 0 atom stereocenters. The summed E-state index contributed by atoms with van der Waals surface area (Å²) in [6.45, 7) is 4.21. The van der Waals surface area contributed by atoms with Crippen LogP contribution in [0.15, 0.2) is 0 Å². The lowest BCUT2D eigenvalue weighted by molar-refractivity contribution is 0.122. The molecule has 0 N–H and O–H groups in total. The molecule has 0 rings (SSSR count). The van der Waals surface area contributed by atoms with Crippen molar-refractivity contribution < 1.29 is 9.53 Å². The van der Waals surface area contributed by atoms with E-state index in [1.807, 2.05) is 25.9 Å². The topological polar surface area (TPSA) is 32.8 Å². The fraction of sp³-hybridized carbons (Fsp3) is 0.875. The van der Waals surface area contributed by atoms with Crippen molar-refractivity contribution in [1.29, 1.82) is 0 Å². The van der Waals surface area contributed by atoms with Crippen molar-refractivity contribution in [2.75, 3.05) is 40.8 Å². The van der Waals surface area contributed by atoms with Crippen molar-refractivity contribution in [3.8, 4) is 0 Å². The number of hydrogen-bond donors (Lipinski definition) is 0. The van der Waals surface area contributed by atoms with Crippen LogP contribution in [0.2, 0.25) is 0 Å². The fourth-order valence-corrected chi connectivity index (χ4v) is 0.828. The molecule has 4 nitrogen and oxygen atoms in total. The van der Waals surface area contributed by atoms with Crippen molar-refractivity contribution in [2.45, 2.75) is 6.92 Å². The maximum absolute atomic E-state index is 11.0. The third-order valence-corrected chi connectivity index (χ3v) is 1.63.